The maximum Gasteiger partial charge on any atom is 0.158 e. The highest BCUT2D eigenvalue weighted by Gasteiger charge is 2.36. The van der Waals surface area contributed by atoms with Crippen molar-refractivity contribution in [3.63, 3.8) is 0 Å². The molecule has 0 unspecified atom stereocenters. The number of fused-ring (bicyclic) bond motifs is 2. The molecule has 6 heteroatoms. The zero-order chi connectivity index (χ0) is 12.9. The van der Waals surface area contributed by atoms with Gasteiger partial charge in [0, 0.05) is 53.0 Å². The molecular weight excluding hydrogens is 228 g/mol. The Labute approximate surface area is 107 Å². The van der Waals surface area contributed by atoms with Crippen LogP contribution in [0.25, 0.3) is 0 Å². The molecule has 6 nitrogen and oxygen atoms in total. The normalized spacial score (nSPS) is 20.0. The molecule has 0 atom stereocenters. The summed E-state index contributed by atoms with van der Waals surface area (Å²) in [5.41, 5.74) is 0. The molecule has 0 fully saturated rings. The van der Waals surface area contributed by atoms with Gasteiger partial charge in [-0.15, -0.1) is 0 Å². The van der Waals surface area contributed by atoms with Crippen molar-refractivity contribution in [3.8, 4) is 0 Å². The SMILES string of the molecule is CN(C)C1=C2NC=CN2C(N(C)C)=C2NC=CN21. The first kappa shape index (κ1) is 10.9. The average Bonchev–Trinajstić information content (AvgIpc) is 2.91. The fourth-order valence-electron chi connectivity index (χ4n) is 2.45. The zero-order valence-corrected chi connectivity index (χ0v) is 11.1. The maximum absolute atomic E-state index is 3.31. The lowest BCUT2D eigenvalue weighted by atomic mass is 10.3. The topological polar surface area (TPSA) is 37.0 Å². The second kappa shape index (κ2) is 3.63. The number of nitrogens with zero attached hydrogens (tertiary/aromatic N) is 4. The summed E-state index contributed by atoms with van der Waals surface area (Å²) in [6.07, 6.45) is 7.99. The fraction of sp³-hybridized carbons (Fsp3) is 0.333. The van der Waals surface area contributed by atoms with Crippen LogP contribution in [0.1, 0.15) is 0 Å². The van der Waals surface area contributed by atoms with Crippen molar-refractivity contribution in [2.75, 3.05) is 28.2 Å². The predicted octanol–water partition coefficient (Wildman–Crippen LogP) is 0.129. The van der Waals surface area contributed by atoms with Gasteiger partial charge in [-0.3, -0.25) is 9.80 Å². The molecule has 0 aliphatic carbocycles. The Bertz CT molecular complexity index is 451. The van der Waals surface area contributed by atoms with Gasteiger partial charge in [0.25, 0.3) is 0 Å². The van der Waals surface area contributed by atoms with Crippen LogP contribution in [0, 0.1) is 0 Å². The molecule has 2 N–H and O–H groups in total. The predicted molar refractivity (Wildman–Crippen MR) is 69.7 cm³/mol. The summed E-state index contributed by atoms with van der Waals surface area (Å²) in [5.74, 6) is 4.37. The summed E-state index contributed by atoms with van der Waals surface area (Å²) in [5, 5.41) is 6.61. The van der Waals surface area contributed by atoms with Gasteiger partial charge in [-0.25, -0.2) is 0 Å². The number of rotatable bonds is 2. The lowest BCUT2D eigenvalue weighted by Gasteiger charge is -2.40. The summed E-state index contributed by atoms with van der Waals surface area (Å²) < 4.78 is 0. The minimum atomic E-state index is 1.07. The second-order valence-electron chi connectivity index (χ2n) is 4.79. The standard InChI is InChI=1S/C12H18N6/c1-15(2)11-9-13-6-8-18(9)12(16(3)4)10-14-5-7-17(10)11/h5-8,13-14H,1-4H3. The molecule has 0 aromatic rings. The van der Waals surface area contributed by atoms with Crippen LogP contribution in [0.3, 0.4) is 0 Å². The van der Waals surface area contributed by atoms with Gasteiger partial charge in [0.05, 0.1) is 0 Å². The van der Waals surface area contributed by atoms with Crippen LogP contribution in [0.4, 0.5) is 0 Å². The molecule has 0 aromatic carbocycles. The summed E-state index contributed by atoms with van der Waals surface area (Å²) in [4.78, 5) is 8.51. The first-order valence-corrected chi connectivity index (χ1v) is 5.89. The molecule has 0 spiro atoms. The molecule has 96 valence electrons. The first-order chi connectivity index (χ1) is 8.61. The Morgan fingerprint density at radius 1 is 0.778 bits per heavy atom. The minimum Gasteiger partial charge on any atom is -0.361 e. The molecular formula is C12H18N6. The van der Waals surface area contributed by atoms with E-state index in [4.69, 9.17) is 0 Å². The van der Waals surface area contributed by atoms with Gasteiger partial charge in [0.1, 0.15) is 0 Å². The third-order valence-corrected chi connectivity index (χ3v) is 3.10. The van der Waals surface area contributed by atoms with E-state index < -0.39 is 0 Å². The summed E-state index contributed by atoms with van der Waals surface area (Å²) >= 11 is 0. The highest BCUT2D eigenvalue weighted by atomic mass is 15.5. The van der Waals surface area contributed by atoms with E-state index in [1.807, 2.05) is 53.0 Å². The van der Waals surface area contributed by atoms with Crippen LogP contribution in [0.2, 0.25) is 0 Å². The third kappa shape index (κ3) is 1.28. The quantitative estimate of drug-likeness (QED) is 0.721. The Hall–Kier alpha value is -2.24. The van der Waals surface area contributed by atoms with E-state index in [9.17, 15) is 0 Å². The molecule has 18 heavy (non-hydrogen) atoms. The number of hydrogen-bond donors (Lipinski definition) is 2. The van der Waals surface area contributed by atoms with Crippen molar-refractivity contribution in [3.05, 3.63) is 48.1 Å². The van der Waals surface area contributed by atoms with E-state index in [2.05, 4.69) is 30.2 Å². The molecule has 0 amide bonds. The van der Waals surface area contributed by atoms with Crippen LogP contribution >= 0.6 is 0 Å². The van der Waals surface area contributed by atoms with Crippen molar-refractivity contribution in [2.45, 2.75) is 0 Å². The van der Waals surface area contributed by atoms with Crippen molar-refractivity contribution in [2.24, 2.45) is 0 Å². The minimum absolute atomic E-state index is 1.07. The van der Waals surface area contributed by atoms with Crippen LogP contribution in [0.15, 0.2) is 48.1 Å². The van der Waals surface area contributed by atoms with Gasteiger partial charge in [0.2, 0.25) is 0 Å². The zero-order valence-electron chi connectivity index (χ0n) is 11.1. The van der Waals surface area contributed by atoms with E-state index in [0.29, 0.717) is 0 Å². The summed E-state index contributed by atoms with van der Waals surface area (Å²) in [6, 6.07) is 0. The molecule has 0 aromatic heterocycles. The van der Waals surface area contributed by atoms with E-state index in [0.717, 1.165) is 23.3 Å². The van der Waals surface area contributed by atoms with Crippen molar-refractivity contribution in [1.82, 2.24) is 30.2 Å². The lowest BCUT2D eigenvalue weighted by molar-refractivity contribution is 0.266. The molecule has 0 bridgehead atoms. The molecule has 3 heterocycles. The van der Waals surface area contributed by atoms with Crippen molar-refractivity contribution < 1.29 is 0 Å². The Morgan fingerprint density at radius 3 is 1.50 bits per heavy atom. The third-order valence-electron chi connectivity index (χ3n) is 3.10. The molecule has 3 aliphatic rings. The van der Waals surface area contributed by atoms with Gasteiger partial charge >= 0.3 is 0 Å². The molecule has 0 saturated carbocycles. The van der Waals surface area contributed by atoms with Gasteiger partial charge in [-0.2, -0.15) is 0 Å². The Kier molecular flexibility index (Phi) is 2.19. The van der Waals surface area contributed by atoms with Crippen molar-refractivity contribution >= 4 is 0 Å². The maximum atomic E-state index is 3.31. The molecule has 0 radical (unpaired) electrons. The van der Waals surface area contributed by atoms with Gasteiger partial charge < -0.3 is 20.4 Å². The Balaban J connectivity index is 2.16. The van der Waals surface area contributed by atoms with Crippen LogP contribution in [0.5, 0.6) is 0 Å². The van der Waals surface area contributed by atoms with Crippen LogP contribution < -0.4 is 10.6 Å². The summed E-state index contributed by atoms with van der Waals surface area (Å²) in [6.45, 7) is 0. The monoisotopic (exact) mass is 246 g/mol. The van der Waals surface area contributed by atoms with Crippen LogP contribution in [-0.4, -0.2) is 47.8 Å². The van der Waals surface area contributed by atoms with Gasteiger partial charge in [-0.1, -0.05) is 0 Å². The van der Waals surface area contributed by atoms with Crippen molar-refractivity contribution in [1.29, 1.82) is 0 Å². The lowest BCUT2D eigenvalue weighted by Crippen LogP contribution is -2.43. The fourth-order valence-corrected chi connectivity index (χ4v) is 2.45. The first-order valence-electron chi connectivity index (χ1n) is 5.89. The average molecular weight is 246 g/mol. The molecule has 3 rings (SSSR count). The molecule has 0 saturated heterocycles. The smallest absolute Gasteiger partial charge is 0.158 e. The van der Waals surface area contributed by atoms with E-state index in [1.165, 1.54) is 0 Å². The van der Waals surface area contributed by atoms with E-state index >= 15 is 0 Å². The largest absolute Gasteiger partial charge is 0.361 e. The highest BCUT2D eigenvalue weighted by molar-refractivity contribution is 5.37. The number of nitrogens with one attached hydrogen (secondary N) is 2. The molecule has 3 aliphatic heterocycles. The number of hydrogen-bond acceptors (Lipinski definition) is 6. The van der Waals surface area contributed by atoms with Crippen LogP contribution in [-0.2, 0) is 0 Å². The van der Waals surface area contributed by atoms with E-state index in [-0.39, 0.29) is 0 Å². The highest BCUT2D eigenvalue weighted by Crippen LogP contribution is 2.34. The van der Waals surface area contributed by atoms with Gasteiger partial charge in [-0.05, 0) is 0 Å². The van der Waals surface area contributed by atoms with E-state index in [1.54, 1.807) is 0 Å². The van der Waals surface area contributed by atoms with Gasteiger partial charge in [0.15, 0.2) is 23.3 Å². The Morgan fingerprint density at radius 2 is 1.17 bits per heavy atom. The second-order valence-corrected chi connectivity index (χ2v) is 4.79. The summed E-state index contributed by atoms with van der Waals surface area (Å²) in [7, 11) is 8.19.